The number of carbonyl (C=O) groups excluding carboxylic acids is 1. The number of nitrogens with one attached hydrogen (secondary N) is 1. The van der Waals surface area contributed by atoms with E-state index < -0.39 is 5.41 Å². The highest BCUT2D eigenvalue weighted by molar-refractivity contribution is 5.95. The largest absolute Gasteiger partial charge is 0.497 e. The molecule has 5 heteroatoms. The van der Waals surface area contributed by atoms with E-state index >= 15 is 0 Å². The molecule has 0 saturated carbocycles. The van der Waals surface area contributed by atoms with Crippen LogP contribution in [0.5, 0.6) is 5.75 Å². The first-order chi connectivity index (χ1) is 11.4. The van der Waals surface area contributed by atoms with Crippen LogP contribution in [0.15, 0.2) is 46.9 Å². The molecular formula is C19H20N2O3. The molecule has 1 heterocycles. The first-order valence-electron chi connectivity index (χ1n) is 7.73. The van der Waals surface area contributed by atoms with E-state index in [1.165, 1.54) is 0 Å². The highest BCUT2D eigenvalue weighted by atomic mass is 16.5. The number of fused-ring (bicyclic) bond motifs is 1. The minimum absolute atomic E-state index is 0.0399. The van der Waals surface area contributed by atoms with Crippen molar-refractivity contribution >= 4 is 22.7 Å². The number of anilines is 1. The van der Waals surface area contributed by atoms with Gasteiger partial charge in [0.2, 0.25) is 11.8 Å². The molecule has 0 aliphatic rings. The molecule has 24 heavy (non-hydrogen) atoms. The molecule has 1 N–H and O–H groups in total. The molecule has 0 aliphatic heterocycles. The van der Waals surface area contributed by atoms with Crippen LogP contribution in [0.1, 0.15) is 20.8 Å². The molecule has 0 saturated heterocycles. The third kappa shape index (κ3) is 3.25. The Morgan fingerprint density at radius 2 is 1.96 bits per heavy atom. The lowest BCUT2D eigenvalue weighted by Crippen LogP contribution is -2.27. The van der Waals surface area contributed by atoms with Gasteiger partial charge in [-0.25, -0.2) is 4.98 Å². The molecule has 0 unspecified atom stereocenters. The Morgan fingerprint density at radius 1 is 1.17 bits per heavy atom. The number of oxazole rings is 1. The van der Waals surface area contributed by atoms with Crippen molar-refractivity contribution in [2.24, 2.45) is 5.41 Å². The Morgan fingerprint density at radius 3 is 2.67 bits per heavy atom. The zero-order valence-electron chi connectivity index (χ0n) is 14.2. The van der Waals surface area contributed by atoms with Gasteiger partial charge in [-0.05, 0) is 30.3 Å². The number of aromatic nitrogens is 1. The van der Waals surface area contributed by atoms with Gasteiger partial charge in [-0.3, -0.25) is 4.79 Å². The van der Waals surface area contributed by atoms with Crippen molar-refractivity contribution in [2.75, 3.05) is 12.4 Å². The number of benzene rings is 2. The molecule has 1 amide bonds. The smallest absolute Gasteiger partial charge is 0.229 e. The fourth-order valence-electron chi connectivity index (χ4n) is 2.21. The van der Waals surface area contributed by atoms with Crippen molar-refractivity contribution < 1.29 is 13.9 Å². The monoisotopic (exact) mass is 324 g/mol. The van der Waals surface area contributed by atoms with E-state index in [1.807, 2.05) is 63.2 Å². The number of hydrogen-bond acceptors (Lipinski definition) is 4. The number of rotatable bonds is 3. The van der Waals surface area contributed by atoms with Crippen molar-refractivity contribution in [3.63, 3.8) is 0 Å². The van der Waals surface area contributed by atoms with Crippen LogP contribution in [0.4, 0.5) is 5.69 Å². The van der Waals surface area contributed by atoms with Crippen LogP contribution in [-0.4, -0.2) is 18.0 Å². The van der Waals surface area contributed by atoms with E-state index in [9.17, 15) is 4.79 Å². The average molecular weight is 324 g/mol. The molecule has 3 rings (SSSR count). The quantitative estimate of drug-likeness (QED) is 0.771. The van der Waals surface area contributed by atoms with Crippen LogP contribution < -0.4 is 10.1 Å². The fourth-order valence-corrected chi connectivity index (χ4v) is 2.21. The molecule has 0 fully saturated rings. The Labute approximate surface area is 140 Å². The standard InChI is InChI=1S/C19H20N2O3/c1-19(2,3)18(22)20-13-7-5-6-12(10-13)17-21-15-11-14(23-4)8-9-16(15)24-17/h5-11H,1-4H3,(H,20,22). The SMILES string of the molecule is COc1ccc2oc(-c3cccc(NC(=O)C(C)(C)C)c3)nc2c1. The van der Waals surface area contributed by atoms with E-state index in [2.05, 4.69) is 10.3 Å². The summed E-state index contributed by atoms with van der Waals surface area (Å²) in [6.07, 6.45) is 0. The zero-order chi connectivity index (χ0) is 17.3. The second-order valence-electron chi connectivity index (χ2n) is 6.64. The number of amides is 1. The maximum Gasteiger partial charge on any atom is 0.229 e. The van der Waals surface area contributed by atoms with Crippen LogP contribution in [0.2, 0.25) is 0 Å². The summed E-state index contributed by atoms with van der Waals surface area (Å²) in [6.45, 7) is 5.63. The van der Waals surface area contributed by atoms with Crippen LogP contribution in [0.3, 0.4) is 0 Å². The van der Waals surface area contributed by atoms with Crippen LogP contribution in [0.25, 0.3) is 22.6 Å². The Hall–Kier alpha value is -2.82. The summed E-state index contributed by atoms with van der Waals surface area (Å²) in [4.78, 5) is 16.6. The Bertz CT molecular complexity index is 891. The maximum absolute atomic E-state index is 12.1. The van der Waals surface area contributed by atoms with E-state index in [1.54, 1.807) is 7.11 Å². The molecule has 1 aromatic heterocycles. The molecule has 0 bridgehead atoms. The van der Waals surface area contributed by atoms with E-state index in [0.29, 0.717) is 17.2 Å². The number of nitrogens with zero attached hydrogens (tertiary/aromatic N) is 1. The highest BCUT2D eigenvalue weighted by Gasteiger charge is 2.21. The van der Waals surface area contributed by atoms with Crippen molar-refractivity contribution in [2.45, 2.75) is 20.8 Å². The molecule has 2 aromatic carbocycles. The normalized spacial score (nSPS) is 11.5. The summed E-state index contributed by atoms with van der Waals surface area (Å²) < 4.78 is 11.0. The molecule has 124 valence electrons. The summed E-state index contributed by atoms with van der Waals surface area (Å²) >= 11 is 0. The first-order valence-corrected chi connectivity index (χ1v) is 7.73. The summed E-state index contributed by atoms with van der Waals surface area (Å²) in [6, 6.07) is 12.9. The lowest BCUT2D eigenvalue weighted by Gasteiger charge is -2.17. The van der Waals surface area contributed by atoms with Gasteiger partial charge >= 0.3 is 0 Å². The first kappa shape index (κ1) is 16.1. The predicted molar refractivity (Wildman–Crippen MR) is 94.1 cm³/mol. The molecular weight excluding hydrogens is 304 g/mol. The lowest BCUT2D eigenvalue weighted by atomic mass is 9.95. The maximum atomic E-state index is 12.1. The lowest BCUT2D eigenvalue weighted by molar-refractivity contribution is -0.123. The number of ether oxygens (including phenoxy) is 1. The minimum atomic E-state index is -0.454. The van der Waals surface area contributed by atoms with Crippen LogP contribution in [0, 0.1) is 5.41 Å². The van der Waals surface area contributed by atoms with Gasteiger partial charge in [0.1, 0.15) is 11.3 Å². The Kier molecular flexibility index (Phi) is 4.01. The second kappa shape index (κ2) is 6.00. The van der Waals surface area contributed by atoms with Gasteiger partial charge in [-0.15, -0.1) is 0 Å². The van der Waals surface area contributed by atoms with E-state index in [4.69, 9.17) is 9.15 Å². The summed E-state index contributed by atoms with van der Waals surface area (Å²) in [5.74, 6) is 1.20. The molecule has 0 spiro atoms. The minimum Gasteiger partial charge on any atom is -0.497 e. The number of hydrogen-bond donors (Lipinski definition) is 1. The zero-order valence-corrected chi connectivity index (χ0v) is 14.2. The van der Waals surface area contributed by atoms with Gasteiger partial charge in [0.15, 0.2) is 5.58 Å². The van der Waals surface area contributed by atoms with Crippen molar-refractivity contribution in [1.82, 2.24) is 4.98 Å². The third-order valence-corrected chi connectivity index (χ3v) is 3.64. The molecule has 0 aliphatic carbocycles. The summed E-state index contributed by atoms with van der Waals surface area (Å²) in [5, 5.41) is 2.92. The predicted octanol–water partition coefficient (Wildman–Crippen LogP) is 4.49. The molecule has 0 radical (unpaired) electrons. The van der Waals surface area contributed by atoms with Gasteiger partial charge in [-0.2, -0.15) is 0 Å². The third-order valence-electron chi connectivity index (χ3n) is 3.64. The van der Waals surface area contributed by atoms with Gasteiger partial charge in [0.25, 0.3) is 0 Å². The number of carbonyl (C=O) groups is 1. The second-order valence-corrected chi connectivity index (χ2v) is 6.64. The fraction of sp³-hybridized carbons (Fsp3) is 0.263. The molecule has 0 atom stereocenters. The number of methoxy groups -OCH3 is 1. The van der Waals surface area contributed by atoms with Crippen molar-refractivity contribution in [3.8, 4) is 17.2 Å². The van der Waals surface area contributed by atoms with E-state index in [0.717, 1.165) is 16.8 Å². The molecule has 3 aromatic rings. The summed E-state index contributed by atoms with van der Waals surface area (Å²) in [5.41, 5.74) is 2.48. The van der Waals surface area contributed by atoms with Crippen molar-refractivity contribution in [3.05, 3.63) is 42.5 Å². The average Bonchev–Trinajstić information content (AvgIpc) is 2.97. The summed E-state index contributed by atoms with van der Waals surface area (Å²) in [7, 11) is 1.61. The van der Waals surface area contributed by atoms with Crippen LogP contribution >= 0.6 is 0 Å². The van der Waals surface area contributed by atoms with Gasteiger partial charge in [0, 0.05) is 22.7 Å². The highest BCUT2D eigenvalue weighted by Crippen LogP contribution is 2.28. The van der Waals surface area contributed by atoms with Gasteiger partial charge in [0.05, 0.1) is 7.11 Å². The Balaban J connectivity index is 1.92. The van der Waals surface area contributed by atoms with Crippen LogP contribution in [-0.2, 0) is 4.79 Å². The van der Waals surface area contributed by atoms with Gasteiger partial charge in [-0.1, -0.05) is 26.8 Å². The topological polar surface area (TPSA) is 64.4 Å². The van der Waals surface area contributed by atoms with Crippen molar-refractivity contribution in [1.29, 1.82) is 0 Å². The van der Waals surface area contributed by atoms with E-state index in [-0.39, 0.29) is 5.91 Å². The molecule has 5 nitrogen and oxygen atoms in total. The van der Waals surface area contributed by atoms with Gasteiger partial charge < -0.3 is 14.5 Å².